The van der Waals surface area contributed by atoms with E-state index in [9.17, 15) is 9.59 Å². The topological polar surface area (TPSA) is 104 Å². The molecular weight excluding hydrogens is 412 g/mol. The van der Waals surface area contributed by atoms with E-state index in [1.165, 1.54) is 0 Å². The maximum absolute atomic E-state index is 13.0. The summed E-state index contributed by atoms with van der Waals surface area (Å²) in [5, 5.41) is 10.0. The number of ether oxygens (including phenoxy) is 3. The van der Waals surface area contributed by atoms with Crippen LogP contribution in [-0.4, -0.2) is 55.7 Å². The van der Waals surface area contributed by atoms with Crippen LogP contribution in [0, 0.1) is 0 Å². The van der Waals surface area contributed by atoms with E-state index in [1.807, 2.05) is 30.3 Å². The van der Waals surface area contributed by atoms with Gasteiger partial charge in [-0.3, -0.25) is 4.79 Å². The molecule has 1 heterocycles. The van der Waals surface area contributed by atoms with Gasteiger partial charge in [0, 0.05) is 30.9 Å². The summed E-state index contributed by atoms with van der Waals surface area (Å²) in [6.07, 6.45) is 1.14. The number of amides is 2. The molecule has 0 bridgehead atoms. The smallest absolute Gasteiger partial charge is 0.407 e. The number of nitrogens with zero attached hydrogens (tertiary/aromatic N) is 2. The molecule has 0 aliphatic heterocycles. The Labute approximate surface area is 186 Å². The summed E-state index contributed by atoms with van der Waals surface area (Å²) in [5.74, 6) is 0.829. The van der Waals surface area contributed by atoms with Crippen molar-refractivity contribution in [1.29, 1.82) is 0 Å². The van der Waals surface area contributed by atoms with E-state index in [4.69, 9.17) is 14.2 Å². The minimum absolute atomic E-state index is 0.230. The Balaban J connectivity index is 1.90. The van der Waals surface area contributed by atoms with Gasteiger partial charge in [0.1, 0.15) is 17.2 Å². The zero-order valence-corrected chi connectivity index (χ0v) is 18.3. The molecule has 0 saturated carbocycles. The fraction of sp³-hybridized carbons (Fsp3) is 0.261. The second-order valence-corrected chi connectivity index (χ2v) is 6.64. The normalized spacial score (nSPS) is 10.3. The third-order valence-electron chi connectivity index (χ3n) is 4.60. The zero-order chi connectivity index (χ0) is 22.9. The Kier molecular flexibility index (Phi) is 7.69. The maximum Gasteiger partial charge on any atom is 0.407 e. The SMILES string of the molecule is CCOC(=O)NCCNC(=O)c1cn(-c2ccccc2)nc1-c1ccc(OC)cc1OC. The molecular formula is C23H26N4O5. The number of nitrogens with one attached hydrogen (secondary N) is 2. The number of benzene rings is 2. The average Bonchev–Trinajstić information content (AvgIpc) is 3.27. The average molecular weight is 438 g/mol. The molecule has 0 radical (unpaired) electrons. The first-order valence-corrected chi connectivity index (χ1v) is 10.1. The molecule has 9 heteroatoms. The fourth-order valence-corrected chi connectivity index (χ4v) is 3.06. The Morgan fingerprint density at radius 1 is 1.00 bits per heavy atom. The molecule has 32 heavy (non-hydrogen) atoms. The first-order valence-electron chi connectivity index (χ1n) is 10.1. The Morgan fingerprint density at radius 2 is 1.75 bits per heavy atom. The first kappa shape index (κ1) is 22.7. The number of alkyl carbamates (subject to hydrolysis) is 1. The van der Waals surface area contributed by atoms with Crippen molar-refractivity contribution in [1.82, 2.24) is 20.4 Å². The van der Waals surface area contributed by atoms with Crippen LogP contribution in [-0.2, 0) is 4.74 Å². The molecule has 168 valence electrons. The maximum atomic E-state index is 13.0. The summed E-state index contributed by atoms with van der Waals surface area (Å²) in [5.41, 5.74) is 2.29. The van der Waals surface area contributed by atoms with Crippen molar-refractivity contribution >= 4 is 12.0 Å². The van der Waals surface area contributed by atoms with Crippen molar-refractivity contribution in [2.24, 2.45) is 0 Å². The van der Waals surface area contributed by atoms with Gasteiger partial charge in [0.2, 0.25) is 0 Å². The van der Waals surface area contributed by atoms with Crippen molar-refractivity contribution in [3.63, 3.8) is 0 Å². The standard InChI is InChI=1S/C23H26N4O5/c1-4-32-23(29)25-13-12-24-22(28)19-15-27(16-8-6-5-7-9-16)26-21(19)18-11-10-17(30-2)14-20(18)31-3/h5-11,14-15H,4,12-13H2,1-3H3,(H,24,28)(H,25,29). The number of para-hydroxylation sites is 1. The summed E-state index contributed by atoms with van der Waals surface area (Å²) in [7, 11) is 3.12. The predicted molar refractivity (Wildman–Crippen MR) is 119 cm³/mol. The molecule has 9 nitrogen and oxygen atoms in total. The predicted octanol–water partition coefficient (Wildman–Crippen LogP) is 3.03. The van der Waals surface area contributed by atoms with Crippen LogP contribution in [0.2, 0.25) is 0 Å². The fourth-order valence-electron chi connectivity index (χ4n) is 3.06. The Morgan fingerprint density at radius 3 is 2.44 bits per heavy atom. The first-order chi connectivity index (χ1) is 15.6. The molecule has 3 rings (SSSR count). The van der Waals surface area contributed by atoms with Crippen LogP contribution < -0.4 is 20.1 Å². The van der Waals surface area contributed by atoms with Gasteiger partial charge in [-0.15, -0.1) is 0 Å². The molecule has 0 aliphatic carbocycles. The highest BCUT2D eigenvalue weighted by molar-refractivity contribution is 6.00. The number of rotatable bonds is 9. The quantitative estimate of drug-likeness (QED) is 0.498. The highest BCUT2D eigenvalue weighted by atomic mass is 16.5. The van der Waals surface area contributed by atoms with E-state index in [-0.39, 0.29) is 25.6 Å². The van der Waals surface area contributed by atoms with Crippen molar-refractivity contribution in [2.45, 2.75) is 6.92 Å². The van der Waals surface area contributed by atoms with E-state index < -0.39 is 6.09 Å². The van der Waals surface area contributed by atoms with Crippen LogP contribution in [0.5, 0.6) is 11.5 Å². The number of aromatic nitrogens is 2. The van der Waals surface area contributed by atoms with E-state index in [2.05, 4.69) is 15.7 Å². The van der Waals surface area contributed by atoms with Crippen LogP contribution in [0.3, 0.4) is 0 Å². The highest BCUT2D eigenvalue weighted by Crippen LogP contribution is 2.34. The van der Waals surface area contributed by atoms with Gasteiger partial charge >= 0.3 is 6.09 Å². The Bertz CT molecular complexity index is 1070. The minimum Gasteiger partial charge on any atom is -0.497 e. The molecule has 0 unspecified atom stereocenters. The van der Waals surface area contributed by atoms with Crippen LogP contribution in [0.1, 0.15) is 17.3 Å². The number of carbonyl (C=O) groups excluding carboxylic acids is 2. The Hall–Kier alpha value is -4.01. The van der Waals surface area contributed by atoms with Gasteiger partial charge in [0.25, 0.3) is 5.91 Å². The number of methoxy groups -OCH3 is 2. The molecule has 0 spiro atoms. The van der Waals surface area contributed by atoms with E-state index in [0.29, 0.717) is 28.3 Å². The second-order valence-electron chi connectivity index (χ2n) is 6.64. The van der Waals surface area contributed by atoms with Gasteiger partial charge in [0.05, 0.1) is 32.1 Å². The molecule has 1 aromatic heterocycles. The molecule has 0 saturated heterocycles. The van der Waals surface area contributed by atoms with Crippen LogP contribution in [0.4, 0.5) is 4.79 Å². The lowest BCUT2D eigenvalue weighted by atomic mass is 10.1. The van der Waals surface area contributed by atoms with Crippen molar-refractivity contribution in [3.8, 4) is 28.4 Å². The van der Waals surface area contributed by atoms with Gasteiger partial charge in [-0.05, 0) is 31.2 Å². The summed E-state index contributed by atoms with van der Waals surface area (Å²) in [6, 6.07) is 14.8. The molecule has 0 fully saturated rings. The van der Waals surface area contributed by atoms with Gasteiger partial charge in [-0.1, -0.05) is 18.2 Å². The van der Waals surface area contributed by atoms with E-state index >= 15 is 0 Å². The molecule has 0 atom stereocenters. The minimum atomic E-state index is -0.526. The van der Waals surface area contributed by atoms with Gasteiger partial charge < -0.3 is 24.8 Å². The van der Waals surface area contributed by atoms with E-state index in [1.54, 1.807) is 50.2 Å². The number of hydrogen-bond donors (Lipinski definition) is 2. The van der Waals surface area contributed by atoms with Gasteiger partial charge in [-0.2, -0.15) is 5.10 Å². The lowest BCUT2D eigenvalue weighted by Crippen LogP contribution is -2.35. The summed E-state index contributed by atoms with van der Waals surface area (Å²) >= 11 is 0. The largest absolute Gasteiger partial charge is 0.497 e. The molecule has 0 aliphatic rings. The third-order valence-corrected chi connectivity index (χ3v) is 4.60. The second kappa shape index (κ2) is 10.9. The summed E-state index contributed by atoms with van der Waals surface area (Å²) < 4.78 is 17.2. The molecule has 2 amide bonds. The van der Waals surface area contributed by atoms with Crippen LogP contribution in [0.15, 0.2) is 54.7 Å². The van der Waals surface area contributed by atoms with Gasteiger partial charge in [0.15, 0.2) is 0 Å². The summed E-state index contributed by atoms with van der Waals surface area (Å²) in [4.78, 5) is 24.4. The molecule has 3 aromatic rings. The van der Waals surface area contributed by atoms with Crippen molar-refractivity contribution in [2.75, 3.05) is 33.9 Å². The van der Waals surface area contributed by atoms with Crippen LogP contribution in [0.25, 0.3) is 16.9 Å². The third kappa shape index (κ3) is 5.37. The lowest BCUT2D eigenvalue weighted by molar-refractivity contribution is 0.0953. The zero-order valence-electron chi connectivity index (χ0n) is 18.3. The van der Waals surface area contributed by atoms with Crippen LogP contribution >= 0.6 is 0 Å². The van der Waals surface area contributed by atoms with Crippen molar-refractivity contribution in [3.05, 3.63) is 60.3 Å². The lowest BCUT2D eigenvalue weighted by Gasteiger charge is -2.10. The monoisotopic (exact) mass is 438 g/mol. The highest BCUT2D eigenvalue weighted by Gasteiger charge is 2.21. The number of carbonyl (C=O) groups is 2. The molecule has 2 aromatic carbocycles. The van der Waals surface area contributed by atoms with Gasteiger partial charge in [-0.25, -0.2) is 9.48 Å². The molecule has 2 N–H and O–H groups in total. The van der Waals surface area contributed by atoms with E-state index in [0.717, 1.165) is 5.69 Å². The van der Waals surface area contributed by atoms with Crippen molar-refractivity contribution < 1.29 is 23.8 Å². The summed E-state index contributed by atoms with van der Waals surface area (Å²) in [6.45, 7) is 2.47. The number of hydrogen-bond acceptors (Lipinski definition) is 6.